The van der Waals surface area contributed by atoms with Gasteiger partial charge in [0.15, 0.2) is 0 Å². The summed E-state index contributed by atoms with van der Waals surface area (Å²) in [7, 11) is 1.52. The van der Waals surface area contributed by atoms with Gasteiger partial charge in [0.25, 0.3) is 0 Å². The van der Waals surface area contributed by atoms with E-state index in [1.807, 2.05) is 6.92 Å². The Morgan fingerprint density at radius 2 is 2.44 bits per heavy atom. The number of ether oxygens (including phenoxy) is 1. The van der Waals surface area contributed by atoms with Crippen molar-refractivity contribution in [3.63, 3.8) is 0 Å². The van der Waals surface area contributed by atoms with E-state index in [4.69, 9.17) is 0 Å². The first-order chi connectivity index (χ1) is 4.31. The van der Waals surface area contributed by atoms with Crippen LogP contribution in [-0.4, -0.2) is 13.1 Å². The van der Waals surface area contributed by atoms with Crippen LogP contribution < -0.4 is 5.32 Å². The molecular formula is C6H11NO2. The van der Waals surface area contributed by atoms with E-state index < -0.39 is 6.09 Å². The molecule has 0 radical (unpaired) electrons. The molecule has 0 spiro atoms. The van der Waals surface area contributed by atoms with Crippen LogP contribution in [-0.2, 0) is 4.74 Å². The largest absolute Gasteiger partial charge is 0.419 e. The number of nitrogens with one attached hydrogen (secondary N) is 1. The zero-order valence-electron chi connectivity index (χ0n) is 5.68. The summed E-state index contributed by atoms with van der Waals surface area (Å²) < 4.78 is 4.50. The Kier molecular flexibility index (Phi) is 4.59. The van der Waals surface area contributed by atoms with Crippen LogP contribution in [0.1, 0.15) is 13.3 Å². The van der Waals surface area contributed by atoms with Crippen LogP contribution in [0, 0.1) is 0 Å². The standard InChI is InChI=1S/C6H11NO2/c1-3-4-5-9-6(8)7-2/h4-5H,3H2,1-2H3,(H,7,8)/b5-4-. The van der Waals surface area contributed by atoms with Crippen LogP contribution in [0.25, 0.3) is 0 Å². The molecule has 1 amide bonds. The van der Waals surface area contributed by atoms with Crippen molar-refractivity contribution in [2.24, 2.45) is 0 Å². The van der Waals surface area contributed by atoms with Crippen LogP contribution in [0.4, 0.5) is 4.79 Å². The summed E-state index contributed by atoms with van der Waals surface area (Å²) in [5, 5.41) is 2.31. The van der Waals surface area contributed by atoms with E-state index in [2.05, 4.69) is 10.1 Å². The second kappa shape index (κ2) is 5.15. The van der Waals surface area contributed by atoms with Crippen molar-refractivity contribution in [1.82, 2.24) is 5.32 Å². The fraction of sp³-hybridized carbons (Fsp3) is 0.500. The van der Waals surface area contributed by atoms with Gasteiger partial charge in [-0.1, -0.05) is 6.92 Å². The molecule has 0 saturated carbocycles. The normalized spacial score (nSPS) is 9.56. The Balaban J connectivity index is 3.26. The van der Waals surface area contributed by atoms with E-state index in [9.17, 15) is 4.79 Å². The van der Waals surface area contributed by atoms with Crippen molar-refractivity contribution in [1.29, 1.82) is 0 Å². The van der Waals surface area contributed by atoms with Gasteiger partial charge in [0.1, 0.15) is 0 Å². The number of carbonyl (C=O) groups is 1. The summed E-state index contributed by atoms with van der Waals surface area (Å²) in [6, 6.07) is 0. The fourth-order valence-corrected chi connectivity index (χ4v) is 0.265. The van der Waals surface area contributed by atoms with Gasteiger partial charge in [-0.3, -0.25) is 0 Å². The molecular weight excluding hydrogens is 118 g/mol. The Morgan fingerprint density at radius 3 is 2.89 bits per heavy atom. The maximum absolute atomic E-state index is 10.3. The molecule has 0 saturated heterocycles. The van der Waals surface area contributed by atoms with E-state index in [-0.39, 0.29) is 0 Å². The lowest BCUT2D eigenvalue weighted by Crippen LogP contribution is -2.16. The molecule has 0 aliphatic heterocycles. The highest BCUT2D eigenvalue weighted by Crippen LogP contribution is 1.81. The molecule has 9 heavy (non-hydrogen) atoms. The van der Waals surface area contributed by atoms with E-state index in [0.29, 0.717) is 0 Å². The lowest BCUT2D eigenvalue weighted by molar-refractivity contribution is 0.188. The average molecular weight is 129 g/mol. The van der Waals surface area contributed by atoms with Crippen molar-refractivity contribution < 1.29 is 9.53 Å². The summed E-state index contributed by atoms with van der Waals surface area (Å²) in [5.41, 5.74) is 0. The molecule has 0 aliphatic carbocycles. The molecule has 3 heteroatoms. The van der Waals surface area contributed by atoms with E-state index in [1.54, 1.807) is 6.08 Å². The van der Waals surface area contributed by atoms with Gasteiger partial charge in [-0.2, -0.15) is 0 Å². The quantitative estimate of drug-likeness (QED) is 0.570. The Bertz CT molecular complexity index is 110. The van der Waals surface area contributed by atoms with Crippen LogP contribution in [0.2, 0.25) is 0 Å². The van der Waals surface area contributed by atoms with Gasteiger partial charge in [0, 0.05) is 7.05 Å². The average Bonchev–Trinajstić information content (AvgIpc) is 1.89. The van der Waals surface area contributed by atoms with E-state index in [0.717, 1.165) is 6.42 Å². The first-order valence-electron chi connectivity index (χ1n) is 2.84. The summed E-state index contributed by atoms with van der Waals surface area (Å²) in [6.45, 7) is 1.96. The van der Waals surface area contributed by atoms with Crippen LogP contribution in [0.15, 0.2) is 12.3 Å². The van der Waals surface area contributed by atoms with Crippen molar-refractivity contribution in [3.8, 4) is 0 Å². The number of allylic oxidation sites excluding steroid dienone is 1. The van der Waals surface area contributed by atoms with Gasteiger partial charge in [0.2, 0.25) is 0 Å². The minimum atomic E-state index is -0.431. The van der Waals surface area contributed by atoms with Gasteiger partial charge in [-0.15, -0.1) is 0 Å². The molecule has 0 aromatic carbocycles. The molecule has 0 bridgehead atoms. The lowest BCUT2D eigenvalue weighted by atomic mass is 10.5. The predicted molar refractivity (Wildman–Crippen MR) is 35.0 cm³/mol. The SMILES string of the molecule is CC/C=C\OC(=O)NC. The summed E-state index contributed by atoms with van der Waals surface area (Å²) in [4.78, 5) is 10.3. The Morgan fingerprint density at radius 1 is 1.78 bits per heavy atom. The number of alkyl carbamates (subject to hydrolysis) is 1. The van der Waals surface area contributed by atoms with Crippen molar-refractivity contribution >= 4 is 6.09 Å². The first-order valence-corrected chi connectivity index (χ1v) is 2.84. The topological polar surface area (TPSA) is 38.3 Å². The molecule has 0 rings (SSSR count). The second-order valence-corrected chi connectivity index (χ2v) is 1.44. The van der Waals surface area contributed by atoms with Crippen LogP contribution in [0.5, 0.6) is 0 Å². The minimum Gasteiger partial charge on any atom is -0.419 e. The summed E-state index contributed by atoms with van der Waals surface area (Å²) >= 11 is 0. The molecule has 0 heterocycles. The second-order valence-electron chi connectivity index (χ2n) is 1.44. The summed E-state index contributed by atoms with van der Waals surface area (Å²) in [5.74, 6) is 0. The number of carbonyl (C=O) groups excluding carboxylic acids is 1. The number of hydrogen-bond acceptors (Lipinski definition) is 2. The third-order valence-electron chi connectivity index (χ3n) is 0.711. The van der Waals surface area contributed by atoms with E-state index in [1.165, 1.54) is 13.3 Å². The third-order valence-corrected chi connectivity index (χ3v) is 0.711. The molecule has 0 fully saturated rings. The molecule has 0 atom stereocenters. The molecule has 52 valence electrons. The molecule has 0 aromatic heterocycles. The van der Waals surface area contributed by atoms with Gasteiger partial charge < -0.3 is 10.1 Å². The van der Waals surface area contributed by atoms with Gasteiger partial charge in [-0.05, 0) is 12.5 Å². The van der Waals surface area contributed by atoms with Gasteiger partial charge >= 0.3 is 6.09 Å². The number of amides is 1. The fourth-order valence-electron chi connectivity index (χ4n) is 0.265. The molecule has 1 N–H and O–H groups in total. The Hall–Kier alpha value is -0.990. The van der Waals surface area contributed by atoms with E-state index >= 15 is 0 Å². The van der Waals surface area contributed by atoms with Crippen LogP contribution in [0.3, 0.4) is 0 Å². The number of rotatable bonds is 2. The van der Waals surface area contributed by atoms with Crippen LogP contribution >= 0.6 is 0 Å². The minimum absolute atomic E-state index is 0.431. The molecule has 3 nitrogen and oxygen atoms in total. The highest BCUT2D eigenvalue weighted by molar-refractivity contribution is 5.67. The van der Waals surface area contributed by atoms with Crippen molar-refractivity contribution in [2.45, 2.75) is 13.3 Å². The molecule has 0 aliphatic rings. The van der Waals surface area contributed by atoms with Gasteiger partial charge in [0.05, 0.1) is 6.26 Å². The highest BCUT2D eigenvalue weighted by Gasteiger charge is 1.89. The maximum Gasteiger partial charge on any atom is 0.411 e. The first kappa shape index (κ1) is 8.01. The third kappa shape index (κ3) is 4.87. The highest BCUT2D eigenvalue weighted by atomic mass is 16.5. The number of hydrogen-bond donors (Lipinski definition) is 1. The van der Waals surface area contributed by atoms with Gasteiger partial charge in [-0.25, -0.2) is 4.79 Å². The smallest absolute Gasteiger partial charge is 0.411 e. The van der Waals surface area contributed by atoms with Crippen molar-refractivity contribution in [2.75, 3.05) is 7.05 Å². The Labute approximate surface area is 54.7 Å². The zero-order chi connectivity index (χ0) is 7.11. The van der Waals surface area contributed by atoms with Crippen molar-refractivity contribution in [3.05, 3.63) is 12.3 Å². The molecule has 0 unspecified atom stereocenters. The monoisotopic (exact) mass is 129 g/mol. The maximum atomic E-state index is 10.3. The predicted octanol–water partition coefficient (Wildman–Crippen LogP) is 1.27. The summed E-state index contributed by atoms with van der Waals surface area (Å²) in [6.07, 6.45) is 3.57. The molecule has 0 aromatic rings. The lowest BCUT2D eigenvalue weighted by Gasteiger charge is -1.93. The zero-order valence-corrected chi connectivity index (χ0v) is 5.68.